The Balaban J connectivity index is 1.51. The van der Waals surface area contributed by atoms with Gasteiger partial charge in [-0.2, -0.15) is 5.10 Å². The van der Waals surface area contributed by atoms with Crippen molar-refractivity contribution in [3.05, 3.63) is 105 Å². The van der Waals surface area contributed by atoms with Gasteiger partial charge in [0.15, 0.2) is 11.5 Å². The van der Waals surface area contributed by atoms with Crippen LogP contribution in [0.25, 0.3) is 12.2 Å². The van der Waals surface area contributed by atoms with Crippen LogP contribution in [0.5, 0.6) is 11.5 Å². The highest BCUT2D eigenvalue weighted by Gasteiger charge is 2.44. The SMILES string of the molecule is COc1ccc(/C=C\C(=O)N2N=C3/C(=C\c4ccc(Cl)cc4)CC(C)CC3C2c2ccc(Cl)cc2)cc1OC. The maximum absolute atomic E-state index is 13.7. The number of amides is 1. The first-order valence-electron chi connectivity index (χ1n) is 12.9. The molecule has 0 bridgehead atoms. The number of benzene rings is 3. The maximum Gasteiger partial charge on any atom is 0.267 e. The average Bonchev–Trinajstić information content (AvgIpc) is 3.32. The van der Waals surface area contributed by atoms with Crippen LogP contribution in [0, 0.1) is 11.8 Å². The van der Waals surface area contributed by atoms with E-state index in [0.29, 0.717) is 27.5 Å². The van der Waals surface area contributed by atoms with E-state index < -0.39 is 0 Å². The number of nitrogens with zero attached hydrogens (tertiary/aromatic N) is 2. The van der Waals surface area contributed by atoms with E-state index in [4.69, 9.17) is 37.8 Å². The lowest BCUT2D eigenvalue weighted by Crippen LogP contribution is -2.32. The van der Waals surface area contributed by atoms with E-state index in [9.17, 15) is 4.79 Å². The van der Waals surface area contributed by atoms with E-state index in [1.807, 2.05) is 66.7 Å². The van der Waals surface area contributed by atoms with Gasteiger partial charge in [0.2, 0.25) is 0 Å². The van der Waals surface area contributed by atoms with Gasteiger partial charge in [-0.15, -0.1) is 0 Å². The fourth-order valence-electron chi connectivity index (χ4n) is 5.43. The number of hydrogen-bond acceptors (Lipinski definition) is 4. The number of hydrogen-bond donors (Lipinski definition) is 0. The number of fused-ring (bicyclic) bond motifs is 1. The van der Waals surface area contributed by atoms with Crippen molar-refractivity contribution in [1.82, 2.24) is 5.01 Å². The van der Waals surface area contributed by atoms with Crippen LogP contribution in [-0.2, 0) is 4.79 Å². The molecule has 200 valence electrons. The highest BCUT2D eigenvalue weighted by atomic mass is 35.5. The minimum absolute atomic E-state index is 0.0758. The summed E-state index contributed by atoms with van der Waals surface area (Å²) in [5, 5.41) is 7.96. The molecule has 1 aliphatic carbocycles. The minimum atomic E-state index is -0.226. The molecule has 0 saturated heterocycles. The van der Waals surface area contributed by atoms with Crippen molar-refractivity contribution in [3.63, 3.8) is 0 Å². The Morgan fingerprint density at radius 2 is 1.56 bits per heavy atom. The minimum Gasteiger partial charge on any atom is -0.493 e. The maximum atomic E-state index is 13.7. The zero-order chi connectivity index (χ0) is 27.5. The Hall–Kier alpha value is -3.54. The van der Waals surface area contributed by atoms with Gasteiger partial charge in [-0.25, -0.2) is 5.01 Å². The van der Waals surface area contributed by atoms with Gasteiger partial charge in [0.25, 0.3) is 5.91 Å². The molecule has 39 heavy (non-hydrogen) atoms. The van der Waals surface area contributed by atoms with Crippen LogP contribution in [0.3, 0.4) is 0 Å². The smallest absolute Gasteiger partial charge is 0.267 e. The molecule has 0 spiro atoms. The van der Waals surface area contributed by atoms with Gasteiger partial charge in [-0.05, 0) is 89.6 Å². The normalized spacial score (nSPS) is 21.7. The quantitative estimate of drug-likeness (QED) is 0.286. The zero-order valence-electron chi connectivity index (χ0n) is 22.1. The summed E-state index contributed by atoms with van der Waals surface area (Å²) < 4.78 is 10.7. The summed E-state index contributed by atoms with van der Waals surface area (Å²) in [4.78, 5) is 13.7. The molecule has 2 aliphatic rings. The summed E-state index contributed by atoms with van der Waals surface area (Å²) in [6, 6.07) is 20.8. The molecule has 3 unspecified atom stereocenters. The number of halogens is 2. The van der Waals surface area contributed by atoms with Crippen molar-refractivity contribution in [2.45, 2.75) is 25.8 Å². The molecule has 0 radical (unpaired) electrons. The second kappa shape index (κ2) is 11.7. The van der Waals surface area contributed by atoms with Crippen LogP contribution >= 0.6 is 23.2 Å². The molecule has 3 atom stereocenters. The number of carbonyl (C=O) groups excluding carboxylic acids is 1. The standard InChI is InChI=1S/C32H30Cl2N2O3/c1-20-16-24(18-21-4-10-25(33)11-5-21)31-27(17-20)32(23-8-12-26(34)13-9-23)36(35-31)30(37)15-7-22-6-14-28(38-2)29(19-22)39-3/h4-15,18-20,27,32H,16-17H2,1-3H3/b15-7-,24-18-. The molecule has 5 nitrogen and oxygen atoms in total. The van der Waals surface area contributed by atoms with Crippen molar-refractivity contribution in [2.75, 3.05) is 14.2 Å². The van der Waals surface area contributed by atoms with Gasteiger partial charge in [-0.1, -0.05) is 60.5 Å². The van der Waals surface area contributed by atoms with Crippen LogP contribution in [0.4, 0.5) is 0 Å². The number of ether oxygens (including phenoxy) is 2. The largest absolute Gasteiger partial charge is 0.493 e. The molecule has 1 heterocycles. The summed E-state index contributed by atoms with van der Waals surface area (Å²) in [6.45, 7) is 2.26. The lowest BCUT2D eigenvalue weighted by atomic mass is 9.73. The average molecular weight is 562 g/mol. The van der Waals surface area contributed by atoms with Gasteiger partial charge in [0.1, 0.15) is 0 Å². The molecule has 3 aromatic carbocycles. The summed E-state index contributed by atoms with van der Waals surface area (Å²) in [5.74, 6) is 1.56. The van der Waals surface area contributed by atoms with Gasteiger partial charge >= 0.3 is 0 Å². The lowest BCUT2D eigenvalue weighted by Gasteiger charge is -2.32. The molecule has 7 heteroatoms. The number of allylic oxidation sites excluding steroid dienone is 1. The highest BCUT2D eigenvalue weighted by Crippen LogP contribution is 2.46. The first-order valence-corrected chi connectivity index (χ1v) is 13.7. The van der Waals surface area contributed by atoms with Crippen molar-refractivity contribution in [1.29, 1.82) is 0 Å². The van der Waals surface area contributed by atoms with Gasteiger partial charge in [0.05, 0.1) is 26.0 Å². The van der Waals surface area contributed by atoms with E-state index in [2.05, 4.69) is 13.0 Å². The molecule has 1 amide bonds. The third kappa shape index (κ3) is 5.90. The topological polar surface area (TPSA) is 51.1 Å². The van der Waals surface area contributed by atoms with Gasteiger partial charge < -0.3 is 9.47 Å². The molecule has 1 saturated carbocycles. The second-order valence-electron chi connectivity index (χ2n) is 9.98. The number of rotatable bonds is 6. The van der Waals surface area contributed by atoms with Crippen molar-refractivity contribution in [2.24, 2.45) is 16.9 Å². The van der Waals surface area contributed by atoms with Crippen LogP contribution in [0.1, 0.15) is 42.5 Å². The summed E-state index contributed by atoms with van der Waals surface area (Å²) in [6.07, 6.45) is 7.35. The van der Waals surface area contributed by atoms with Crippen LogP contribution < -0.4 is 9.47 Å². The van der Waals surface area contributed by atoms with Crippen molar-refractivity contribution in [3.8, 4) is 11.5 Å². The first kappa shape index (κ1) is 27.0. The molecular formula is C32H30Cl2N2O3. The molecule has 0 aromatic heterocycles. The fraction of sp³-hybridized carbons (Fsp3) is 0.250. The predicted octanol–water partition coefficient (Wildman–Crippen LogP) is 8.09. The predicted molar refractivity (Wildman–Crippen MR) is 158 cm³/mol. The van der Waals surface area contributed by atoms with Gasteiger partial charge in [-0.3, -0.25) is 4.79 Å². The summed E-state index contributed by atoms with van der Waals surface area (Å²) in [7, 11) is 3.18. The van der Waals surface area contributed by atoms with Crippen LogP contribution in [-0.4, -0.2) is 30.8 Å². The third-order valence-corrected chi connectivity index (χ3v) is 7.74. The molecule has 1 aliphatic heterocycles. The van der Waals surface area contributed by atoms with Gasteiger partial charge in [0, 0.05) is 22.0 Å². The third-order valence-electron chi connectivity index (χ3n) is 7.24. The van der Waals surface area contributed by atoms with Crippen molar-refractivity contribution < 1.29 is 14.3 Å². The van der Waals surface area contributed by atoms with Crippen molar-refractivity contribution >= 4 is 47.0 Å². The van der Waals surface area contributed by atoms with E-state index >= 15 is 0 Å². The Bertz CT molecular complexity index is 1450. The van der Waals surface area contributed by atoms with E-state index in [-0.39, 0.29) is 17.9 Å². The molecular weight excluding hydrogens is 531 g/mol. The number of hydrazone groups is 1. The molecule has 3 aromatic rings. The summed E-state index contributed by atoms with van der Waals surface area (Å²) in [5.41, 5.74) is 5.02. The molecule has 1 fully saturated rings. The highest BCUT2D eigenvalue weighted by molar-refractivity contribution is 6.30. The molecule has 5 rings (SSSR count). The summed E-state index contributed by atoms with van der Waals surface area (Å²) >= 11 is 12.3. The molecule has 0 N–H and O–H groups in total. The second-order valence-corrected chi connectivity index (χ2v) is 10.9. The monoisotopic (exact) mass is 560 g/mol. The number of carbonyl (C=O) groups is 1. The zero-order valence-corrected chi connectivity index (χ0v) is 23.6. The Kier molecular flexibility index (Phi) is 8.10. The fourth-order valence-corrected chi connectivity index (χ4v) is 5.68. The van der Waals surface area contributed by atoms with E-state index in [0.717, 1.165) is 40.8 Å². The van der Waals surface area contributed by atoms with Crippen LogP contribution in [0.15, 0.2) is 83.5 Å². The van der Waals surface area contributed by atoms with E-state index in [1.165, 1.54) is 0 Å². The Labute approximate surface area is 239 Å². The Morgan fingerprint density at radius 1 is 0.923 bits per heavy atom. The number of methoxy groups -OCH3 is 2. The first-order chi connectivity index (χ1) is 18.9. The lowest BCUT2D eigenvalue weighted by molar-refractivity contribution is -0.128. The van der Waals surface area contributed by atoms with E-state index in [1.54, 1.807) is 31.4 Å². The van der Waals surface area contributed by atoms with Crippen LogP contribution in [0.2, 0.25) is 10.0 Å². The Morgan fingerprint density at radius 3 is 2.23 bits per heavy atom.